The van der Waals surface area contributed by atoms with E-state index < -0.39 is 45.9 Å². The van der Waals surface area contributed by atoms with E-state index in [1.807, 2.05) is 84.9 Å². The maximum absolute atomic E-state index is 12.0. The first-order valence-corrected chi connectivity index (χ1v) is 38.6. The Kier molecular flexibility index (Phi) is 19.4. The maximum Gasteiger partial charge on any atom is 0.530 e. The van der Waals surface area contributed by atoms with Gasteiger partial charge in [0.15, 0.2) is 17.2 Å². The fourth-order valence-electron chi connectivity index (χ4n) is 12.9. The van der Waals surface area contributed by atoms with E-state index in [0.717, 1.165) is 79.3 Å². The van der Waals surface area contributed by atoms with Crippen LogP contribution in [0.3, 0.4) is 0 Å². The highest BCUT2D eigenvalue weighted by atomic mass is 32.7. The van der Waals surface area contributed by atoms with Crippen molar-refractivity contribution in [2.24, 2.45) is 0 Å². The number of carbonyl (C=O) groups is 2. The van der Waals surface area contributed by atoms with E-state index in [1.54, 1.807) is 48.5 Å². The van der Waals surface area contributed by atoms with Crippen LogP contribution < -0.4 is 36.5 Å². The first kappa shape index (κ1) is 70.2. The summed E-state index contributed by atoms with van der Waals surface area (Å²) < 4.78 is 50.0. The fourth-order valence-corrected chi connectivity index (χ4v) is 18.3. The molecule has 11 aromatic carbocycles. The zero-order valence-electron chi connectivity index (χ0n) is 58.8. The van der Waals surface area contributed by atoms with Gasteiger partial charge < -0.3 is 48.8 Å². The third kappa shape index (κ3) is 14.7. The van der Waals surface area contributed by atoms with Crippen molar-refractivity contribution in [1.29, 1.82) is 0 Å². The van der Waals surface area contributed by atoms with E-state index in [-0.39, 0.29) is 22.3 Å². The predicted molar refractivity (Wildman–Crippen MR) is 409 cm³/mol. The number of nitrogens with zero attached hydrogens (tertiary/aromatic N) is 1. The zero-order chi connectivity index (χ0) is 71.1. The second-order valence-electron chi connectivity index (χ2n) is 28.9. The Morgan fingerprint density at radius 2 is 0.475 bits per heavy atom. The second-order valence-corrected chi connectivity index (χ2v) is 34.5. The monoisotopic (exact) mass is 1410 g/mol. The molecule has 11 aromatic rings. The molecule has 0 aliphatic carbocycles. The topological polar surface area (TPSA) is 111 Å². The van der Waals surface area contributed by atoms with Gasteiger partial charge in [-0.3, -0.25) is 9.59 Å². The summed E-state index contributed by atoms with van der Waals surface area (Å²) in [6.07, 6.45) is 1.52. The molecule has 15 heteroatoms. The van der Waals surface area contributed by atoms with E-state index in [2.05, 4.69) is 217 Å². The van der Waals surface area contributed by atoms with Gasteiger partial charge in [0.2, 0.25) is 0 Å². The summed E-state index contributed by atoms with van der Waals surface area (Å²) in [5.41, 5.74) is 11.4. The molecule has 0 unspecified atom stereocenters. The van der Waals surface area contributed by atoms with Crippen LogP contribution in [0.5, 0.6) is 46.0 Å². The van der Waals surface area contributed by atoms with Gasteiger partial charge in [-0.2, -0.15) is 0 Å². The molecule has 0 fully saturated rings. The van der Waals surface area contributed by atoms with Crippen LogP contribution in [0.4, 0.5) is 0 Å². The van der Waals surface area contributed by atoms with Crippen molar-refractivity contribution in [3.05, 3.63) is 345 Å². The Balaban J connectivity index is 0.992. The SMILES string of the molecule is CC1(C)c2ccc(cc2)ON([P+]([S-])(Oc2ccc(C=O)cc2)Oc2ccc(C=O)cc2)P2Oc3ccc(cc3)C(C)(C)c3ccc(cc3)C(C)(C)c3ccc(cc3)OP(Oc3ccc(cc3)C(C)(C)c3ccc1cc3)Oc1ccc(cc1)C(C)(C)c1ccc(cc1)C(C)(C)c1ccc(cc1)O2. The normalized spacial score (nSPS) is 18.0. The number of benzene rings is 11. The fraction of sp³-hybridized carbons (Fsp3) is 0.209. The highest BCUT2D eigenvalue weighted by Gasteiger charge is 2.53. The number of hydrogen-bond donors (Lipinski definition) is 0. The molecule has 41 rings (SSSR count). The van der Waals surface area contributed by atoms with Gasteiger partial charge in [-0.25, -0.2) is 0 Å². The second kappa shape index (κ2) is 27.9. The van der Waals surface area contributed by atoms with Crippen LogP contribution in [0, 0.1) is 0 Å². The predicted octanol–water partition coefficient (Wildman–Crippen LogP) is 23.0. The largest absolute Gasteiger partial charge is 0.530 e. The molecule has 30 aliphatic heterocycles. The number of carbonyl (C=O) groups excluding carboxylic acids is 2. The van der Waals surface area contributed by atoms with Crippen molar-refractivity contribution in [3.63, 3.8) is 0 Å². The third-order valence-corrected chi connectivity index (χ3v) is 26.3. The molecule has 0 saturated heterocycles. The lowest BCUT2D eigenvalue weighted by molar-refractivity contribution is 0.0944. The Morgan fingerprint density at radius 3 is 0.683 bits per heavy atom. The average Bonchev–Trinajstić information content (AvgIpc) is 0.796. The molecule has 0 saturated carbocycles. The highest BCUT2D eigenvalue weighted by Crippen LogP contribution is 2.70. The van der Waals surface area contributed by atoms with Gasteiger partial charge >= 0.3 is 24.2 Å². The summed E-state index contributed by atoms with van der Waals surface area (Å²) in [7, 11) is -8.72. The summed E-state index contributed by atoms with van der Waals surface area (Å²) >= 11 is 6.80. The lowest BCUT2D eigenvalue weighted by atomic mass is 9.74. The van der Waals surface area contributed by atoms with Crippen LogP contribution in [0.2, 0.25) is 0 Å². The van der Waals surface area contributed by atoms with Crippen LogP contribution in [0.15, 0.2) is 267 Å². The van der Waals surface area contributed by atoms with Crippen molar-refractivity contribution < 1.29 is 46.1 Å². The van der Waals surface area contributed by atoms with Gasteiger partial charge in [-0.15, -0.1) is 0 Å². The van der Waals surface area contributed by atoms with Gasteiger partial charge in [0.1, 0.15) is 45.9 Å². The van der Waals surface area contributed by atoms with Crippen molar-refractivity contribution in [2.45, 2.75) is 116 Å². The minimum atomic E-state index is -4.15. The number of hydrogen-bond acceptors (Lipinski definition) is 12. The minimum Gasteiger partial charge on any atom is -0.448 e. The molecule has 20 bridgehead atoms. The lowest BCUT2D eigenvalue weighted by Crippen LogP contribution is -2.31. The Bertz CT molecular complexity index is 4490. The Hall–Kier alpha value is -9.24. The Labute approximate surface area is 602 Å². The summed E-state index contributed by atoms with van der Waals surface area (Å²) in [5, 5.41) is 0. The molecular formula is C86H82NO10P3S. The molecule has 30 aliphatic rings. The summed E-state index contributed by atoms with van der Waals surface area (Å²) in [5.74, 6) is 3.67. The summed E-state index contributed by atoms with van der Waals surface area (Å²) in [6.45, 7) is 26.6. The van der Waals surface area contributed by atoms with Crippen LogP contribution in [0.25, 0.3) is 0 Å². The molecular weight excluding hydrogens is 1330 g/mol. The minimum absolute atomic E-state index is 0.286. The van der Waals surface area contributed by atoms with Crippen LogP contribution in [-0.2, 0) is 44.7 Å². The molecule has 101 heavy (non-hydrogen) atoms. The van der Waals surface area contributed by atoms with Crippen molar-refractivity contribution in [3.8, 4) is 46.0 Å². The molecule has 0 atom stereocenters. The van der Waals surface area contributed by atoms with Gasteiger partial charge in [-0.1, -0.05) is 229 Å². The molecule has 512 valence electrons. The van der Waals surface area contributed by atoms with Crippen molar-refractivity contribution in [1.82, 2.24) is 4.60 Å². The van der Waals surface area contributed by atoms with Gasteiger partial charge in [0.25, 0.3) is 0 Å². The first-order chi connectivity index (χ1) is 48.2. The lowest BCUT2D eigenvalue weighted by Gasteiger charge is -2.37. The molecule has 0 radical (unpaired) electrons. The standard InChI is InChI=1S/C86H82NO10P3S/c1-81(2)61-17-19-64(20-18-61)84(7,8)70-35-51-76(52-36-70)93-99-94-77-53-37-71(38-54-77)85(9,10)65-25-21-62(22-26-65)82(3,4)68-31-47-74(48-32-68)91-98(92-75-49-33-69(34-50-75)83(5,6)63-23-27-66(28-24-63)86(11,12)72-39-55-78(95-99)56-40-72)87(90-73-45-29-67(81)30-46-73)100(101,96-79-41-13-59(57-88)14-42-79)97-80-43-15-60(58-89)16-44-80/h13-58H,1-12H3. The maximum atomic E-state index is 12.0. The molecule has 0 amide bonds. The highest BCUT2D eigenvalue weighted by molar-refractivity contribution is 8.38. The summed E-state index contributed by atoms with van der Waals surface area (Å²) in [4.78, 5) is 31.3. The van der Waals surface area contributed by atoms with Crippen molar-refractivity contribution >= 4 is 49.0 Å². The molecule has 30 heterocycles. The van der Waals surface area contributed by atoms with Crippen LogP contribution in [0.1, 0.15) is 171 Å². The van der Waals surface area contributed by atoms with Gasteiger partial charge in [0, 0.05) is 43.6 Å². The molecule has 0 spiro atoms. The Morgan fingerprint density at radius 1 is 0.287 bits per heavy atom. The quantitative estimate of drug-likeness (QED) is 0.0860. The number of rotatable bonds is 7. The van der Waals surface area contributed by atoms with E-state index in [0.29, 0.717) is 45.6 Å². The van der Waals surface area contributed by atoms with E-state index >= 15 is 0 Å². The molecule has 11 nitrogen and oxygen atoms in total. The molecule has 0 N–H and O–H groups in total. The van der Waals surface area contributed by atoms with Crippen LogP contribution in [-0.4, -0.2) is 17.2 Å². The van der Waals surface area contributed by atoms with Crippen molar-refractivity contribution in [2.75, 3.05) is 0 Å². The smallest absolute Gasteiger partial charge is 0.448 e. The average molecular weight is 1410 g/mol. The summed E-state index contributed by atoms with van der Waals surface area (Å²) in [6, 6.07) is 88.2. The third-order valence-electron chi connectivity index (χ3n) is 20.4. The van der Waals surface area contributed by atoms with Gasteiger partial charge in [0.05, 0.1) is 0 Å². The van der Waals surface area contributed by atoms with E-state index in [1.165, 1.54) is 4.60 Å². The van der Waals surface area contributed by atoms with Gasteiger partial charge in [-0.05, 0) is 188 Å². The number of aldehydes is 2. The first-order valence-electron chi connectivity index (χ1n) is 33.8. The zero-order valence-corrected chi connectivity index (χ0v) is 62.3. The van der Waals surface area contributed by atoms with Crippen LogP contribution >= 0.6 is 24.2 Å². The van der Waals surface area contributed by atoms with E-state index in [9.17, 15) is 9.59 Å². The van der Waals surface area contributed by atoms with E-state index in [4.69, 9.17) is 48.8 Å². The molecule has 0 aromatic heterocycles.